The summed E-state index contributed by atoms with van der Waals surface area (Å²) in [7, 11) is 0. The maximum absolute atomic E-state index is 12.3. The molecule has 0 spiro atoms. The van der Waals surface area contributed by atoms with E-state index >= 15 is 0 Å². The van der Waals surface area contributed by atoms with E-state index in [0.717, 1.165) is 43.5 Å². The van der Waals surface area contributed by atoms with E-state index in [1.807, 2.05) is 41.2 Å². The summed E-state index contributed by atoms with van der Waals surface area (Å²) < 4.78 is 7.58. The van der Waals surface area contributed by atoms with Gasteiger partial charge in [-0.25, -0.2) is 9.48 Å². The Balaban J connectivity index is 1.32. The fourth-order valence-corrected chi connectivity index (χ4v) is 3.99. The Labute approximate surface area is 147 Å². The number of urea groups is 1. The van der Waals surface area contributed by atoms with E-state index < -0.39 is 0 Å². The molecule has 2 N–H and O–H groups in total. The van der Waals surface area contributed by atoms with Gasteiger partial charge in [-0.05, 0) is 49.4 Å². The first kappa shape index (κ1) is 16.1. The molecule has 3 unspecified atom stereocenters. The lowest BCUT2D eigenvalue weighted by atomic mass is 9.82. The molecular formula is C19H24N4O2. The molecule has 4 rings (SSSR count). The van der Waals surface area contributed by atoms with Crippen LogP contribution in [0.15, 0.2) is 42.7 Å². The van der Waals surface area contributed by atoms with E-state index in [0.29, 0.717) is 18.6 Å². The van der Waals surface area contributed by atoms with Gasteiger partial charge in [0.05, 0.1) is 11.8 Å². The van der Waals surface area contributed by atoms with Crippen LogP contribution >= 0.6 is 0 Å². The summed E-state index contributed by atoms with van der Waals surface area (Å²) in [5.41, 5.74) is 2.04. The standard InChI is InChI=1S/C19H24N4O2/c24-19(22-17-6-2-7-18-16(17)8-11-25-18)20-13-14-4-1-5-15(12-14)23-10-3-9-21-23/h1,3-5,9-10,12,16-18H,2,6-8,11,13H2,(H2,20,22,24). The molecule has 1 aromatic carbocycles. The van der Waals surface area contributed by atoms with Crippen LogP contribution in [0.1, 0.15) is 31.2 Å². The van der Waals surface area contributed by atoms with E-state index in [-0.39, 0.29) is 12.1 Å². The van der Waals surface area contributed by atoms with Crippen LogP contribution in [0.5, 0.6) is 0 Å². The first-order chi connectivity index (χ1) is 12.3. The molecule has 2 aromatic rings. The van der Waals surface area contributed by atoms with Crippen molar-refractivity contribution in [2.75, 3.05) is 6.61 Å². The number of nitrogens with one attached hydrogen (secondary N) is 2. The van der Waals surface area contributed by atoms with Gasteiger partial charge < -0.3 is 15.4 Å². The minimum Gasteiger partial charge on any atom is -0.378 e. The van der Waals surface area contributed by atoms with Crippen LogP contribution in [-0.2, 0) is 11.3 Å². The highest BCUT2D eigenvalue weighted by Crippen LogP contribution is 2.34. The predicted octanol–water partition coefficient (Wildman–Crippen LogP) is 2.63. The lowest BCUT2D eigenvalue weighted by Crippen LogP contribution is -2.49. The maximum Gasteiger partial charge on any atom is 0.315 e. The summed E-state index contributed by atoms with van der Waals surface area (Å²) in [6.07, 6.45) is 8.35. The Morgan fingerprint density at radius 3 is 3.12 bits per heavy atom. The minimum atomic E-state index is -0.0953. The Morgan fingerprint density at radius 1 is 1.28 bits per heavy atom. The Morgan fingerprint density at radius 2 is 2.24 bits per heavy atom. The summed E-state index contributed by atoms with van der Waals surface area (Å²) in [5, 5.41) is 10.4. The van der Waals surface area contributed by atoms with Gasteiger partial charge in [0.1, 0.15) is 0 Å². The van der Waals surface area contributed by atoms with Crippen molar-refractivity contribution in [3.63, 3.8) is 0 Å². The van der Waals surface area contributed by atoms with Crippen molar-refractivity contribution in [1.82, 2.24) is 20.4 Å². The maximum atomic E-state index is 12.3. The van der Waals surface area contributed by atoms with E-state index in [1.54, 1.807) is 6.20 Å². The summed E-state index contributed by atoms with van der Waals surface area (Å²) in [6.45, 7) is 1.33. The van der Waals surface area contributed by atoms with E-state index in [4.69, 9.17) is 4.74 Å². The average Bonchev–Trinajstić information content (AvgIpc) is 3.32. The van der Waals surface area contributed by atoms with Gasteiger partial charge in [0.25, 0.3) is 0 Å². The number of nitrogens with zero attached hydrogens (tertiary/aromatic N) is 2. The van der Waals surface area contributed by atoms with Gasteiger partial charge in [-0.2, -0.15) is 5.10 Å². The topological polar surface area (TPSA) is 68.2 Å². The van der Waals surface area contributed by atoms with Gasteiger partial charge in [0.15, 0.2) is 0 Å². The van der Waals surface area contributed by atoms with Gasteiger partial charge in [0.2, 0.25) is 0 Å². The van der Waals surface area contributed by atoms with Gasteiger partial charge >= 0.3 is 6.03 Å². The molecule has 2 heterocycles. The molecule has 0 bridgehead atoms. The third-order valence-electron chi connectivity index (χ3n) is 5.23. The number of benzene rings is 1. The van der Waals surface area contributed by atoms with Crippen LogP contribution in [0.4, 0.5) is 4.79 Å². The number of aromatic nitrogens is 2. The molecule has 2 aliphatic rings. The molecule has 2 fully saturated rings. The first-order valence-corrected chi connectivity index (χ1v) is 9.04. The summed E-state index contributed by atoms with van der Waals surface area (Å²) >= 11 is 0. The fraction of sp³-hybridized carbons (Fsp3) is 0.474. The smallest absolute Gasteiger partial charge is 0.315 e. The monoisotopic (exact) mass is 340 g/mol. The van der Waals surface area contributed by atoms with Crippen molar-refractivity contribution >= 4 is 6.03 Å². The van der Waals surface area contributed by atoms with Crippen LogP contribution in [0.3, 0.4) is 0 Å². The number of fused-ring (bicyclic) bond motifs is 1. The van der Waals surface area contributed by atoms with Crippen LogP contribution in [-0.4, -0.2) is 34.6 Å². The molecule has 6 nitrogen and oxygen atoms in total. The number of amides is 2. The third kappa shape index (κ3) is 3.69. The predicted molar refractivity (Wildman–Crippen MR) is 94.4 cm³/mol. The summed E-state index contributed by atoms with van der Waals surface area (Å²) in [4.78, 5) is 12.3. The molecule has 2 amide bonds. The fourth-order valence-electron chi connectivity index (χ4n) is 3.99. The van der Waals surface area contributed by atoms with Crippen LogP contribution in [0, 0.1) is 5.92 Å². The largest absolute Gasteiger partial charge is 0.378 e. The van der Waals surface area contributed by atoms with Crippen LogP contribution < -0.4 is 10.6 Å². The molecule has 0 radical (unpaired) electrons. The van der Waals surface area contributed by atoms with Gasteiger partial charge in [-0.15, -0.1) is 0 Å². The Kier molecular flexibility index (Phi) is 4.70. The quantitative estimate of drug-likeness (QED) is 0.899. The molecule has 132 valence electrons. The van der Waals surface area contributed by atoms with Gasteiger partial charge in [-0.1, -0.05) is 12.1 Å². The van der Waals surface area contributed by atoms with Gasteiger partial charge in [0, 0.05) is 37.5 Å². The average molecular weight is 340 g/mol. The van der Waals surface area contributed by atoms with E-state index in [2.05, 4.69) is 15.7 Å². The Bertz CT molecular complexity index is 716. The molecule has 25 heavy (non-hydrogen) atoms. The lowest BCUT2D eigenvalue weighted by Gasteiger charge is -2.33. The normalized spacial score (nSPS) is 25.4. The molecule has 6 heteroatoms. The molecule has 1 aliphatic heterocycles. The van der Waals surface area contributed by atoms with Crippen molar-refractivity contribution < 1.29 is 9.53 Å². The SMILES string of the molecule is O=C(NCc1cccc(-n2cccn2)c1)NC1CCCC2OCCC12. The minimum absolute atomic E-state index is 0.0953. The molecule has 1 saturated heterocycles. The number of hydrogen-bond donors (Lipinski definition) is 2. The van der Waals surface area contributed by atoms with E-state index in [9.17, 15) is 4.79 Å². The van der Waals surface area contributed by atoms with Crippen molar-refractivity contribution in [1.29, 1.82) is 0 Å². The second-order valence-corrected chi connectivity index (χ2v) is 6.85. The zero-order valence-corrected chi connectivity index (χ0v) is 14.2. The van der Waals surface area contributed by atoms with Crippen molar-refractivity contribution in [3.05, 3.63) is 48.3 Å². The highest BCUT2D eigenvalue weighted by Gasteiger charge is 2.38. The molecule has 3 atom stereocenters. The van der Waals surface area contributed by atoms with Crippen molar-refractivity contribution in [2.24, 2.45) is 5.92 Å². The zero-order valence-electron chi connectivity index (χ0n) is 14.2. The summed E-state index contributed by atoms with van der Waals surface area (Å²) in [6, 6.07) is 10.1. The number of rotatable bonds is 4. The molecular weight excluding hydrogens is 316 g/mol. The number of ether oxygens (including phenoxy) is 1. The third-order valence-corrected chi connectivity index (χ3v) is 5.23. The number of carbonyl (C=O) groups excluding carboxylic acids is 1. The Hall–Kier alpha value is -2.34. The lowest BCUT2D eigenvalue weighted by molar-refractivity contribution is 0.0549. The molecule has 1 aromatic heterocycles. The highest BCUT2D eigenvalue weighted by molar-refractivity contribution is 5.74. The second kappa shape index (κ2) is 7.27. The number of carbonyl (C=O) groups is 1. The zero-order chi connectivity index (χ0) is 17.1. The highest BCUT2D eigenvalue weighted by atomic mass is 16.5. The van der Waals surface area contributed by atoms with Crippen molar-refractivity contribution in [2.45, 2.75) is 44.4 Å². The number of hydrogen-bond acceptors (Lipinski definition) is 3. The molecule has 1 aliphatic carbocycles. The van der Waals surface area contributed by atoms with Crippen LogP contribution in [0.2, 0.25) is 0 Å². The van der Waals surface area contributed by atoms with Crippen molar-refractivity contribution in [3.8, 4) is 5.69 Å². The van der Waals surface area contributed by atoms with Crippen LogP contribution in [0.25, 0.3) is 5.69 Å². The van der Waals surface area contributed by atoms with Gasteiger partial charge in [-0.3, -0.25) is 0 Å². The molecule has 1 saturated carbocycles. The first-order valence-electron chi connectivity index (χ1n) is 9.04. The summed E-state index contributed by atoms with van der Waals surface area (Å²) in [5.74, 6) is 0.475. The van der Waals surface area contributed by atoms with E-state index in [1.165, 1.54) is 0 Å². The second-order valence-electron chi connectivity index (χ2n) is 6.85.